The zero-order chi connectivity index (χ0) is 20.4. The van der Waals surface area contributed by atoms with Crippen LogP contribution in [-0.2, 0) is 11.3 Å². The van der Waals surface area contributed by atoms with Crippen molar-refractivity contribution in [3.63, 3.8) is 0 Å². The van der Waals surface area contributed by atoms with E-state index in [0.717, 1.165) is 35.7 Å². The van der Waals surface area contributed by atoms with Gasteiger partial charge in [0, 0.05) is 37.1 Å². The third-order valence-corrected chi connectivity index (χ3v) is 4.77. The minimum absolute atomic E-state index is 0.0311. The van der Waals surface area contributed by atoms with Gasteiger partial charge in [-0.1, -0.05) is 12.2 Å². The third kappa shape index (κ3) is 3.72. The van der Waals surface area contributed by atoms with Gasteiger partial charge in [-0.25, -0.2) is 4.98 Å². The molecule has 0 unspecified atom stereocenters. The zero-order valence-corrected chi connectivity index (χ0v) is 16.1. The van der Waals surface area contributed by atoms with Crippen LogP contribution in [0.1, 0.15) is 5.69 Å². The van der Waals surface area contributed by atoms with Crippen molar-refractivity contribution >= 4 is 22.9 Å². The SMILES string of the molecule is C=CCN(CC=C)Cc1c(-c2ccc3c(c2)NC(=O)CO3)nc2ccc(N)cn12. The Morgan fingerprint density at radius 3 is 2.79 bits per heavy atom. The predicted molar refractivity (Wildman–Crippen MR) is 115 cm³/mol. The molecule has 0 saturated carbocycles. The van der Waals surface area contributed by atoms with Crippen LogP contribution in [-0.4, -0.2) is 39.9 Å². The van der Waals surface area contributed by atoms with Crippen LogP contribution in [0.25, 0.3) is 16.9 Å². The van der Waals surface area contributed by atoms with E-state index in [-0.39, 0.29) is 12.5 Å². The molecule has 3 N–H and O–H groups in total. The van der Waals surface area contributed by atoms with E-state index in [0.29, 0.717) is 23.7 Å². The summed E-state index contributed by atoms with van der Waals surface area (Å²) in [7, 11) is 0. The van der Waals surface area contributed by atoms with E-state index in [4.69, 9.17) is 15.5 Å². The second-order valence-corrected chi connectivity index (χ2v) is 6.92. The summed E-state index contributed by atoms with van der Waals surface area (Å²) in [4.78, 5) is 18.8. The van der Waals surface area contributed by atoms with E-state index in [1.807, 2.05) is 53.1 Å². The highest BCUT2D eigenvalue weighted by Crippen LogP contribution is 2.34. The average Bonchev–Trinajstić information content (AvgIpc) is 3.05. The fraction of sp³-hybridized carbons (Fsp3) is 0.182. The van der Waals surface area contributed by atoms with Gasteiger partial charge in [0.25, 0.3) is 5.91 Å². The van der Waals surface area contributed by atoms with Crippen LogP contribution in [0.4, 0.5) is 11.4 Å². The van der Waals surface area contributed by atoms with Gasteiger partial charge < -0.3 is 20.2 Å². The Morgan fingerprint density at radius 1 is 1.24 bits per heavy atom. The molecule has 0 radical (unpaired) electrons. The Labute approximate surface area is 169 Å². The molecular weight excluding hydrogens is 366 g/mol. The molecule has 0 bridgehead atoms. The normalized spacial score (nSPS) is 13.1. The van der Waals surface area contributed by atoms with Gasteiger partial charge in [-0.3, -0.25) is 9.69 Å². The van der Waals surface area contributed by atoms with Crippen molar-refractivity contribution in [1.29, 1.82) is 0 Å². The zero-order valence-electron chi connectivity index (χ0n) is 16.1. The molecule has 3 heterocycles. The third-order valence-electron chi connectivity index (χ3n) is 4.77. The number of amides is 1. The van der Waals surface area contributed by atoms with Crippen LogP contribution >= 0.6 is 0 Å². The van der Waals surface area contributed by atoms with Gasteiger partial charge in [0.2, 0.25) is 0 Å². The molecule has 7 heteroatoms. The summed E-state index contributed by atoms with van der Waals surface area (Å²) >= 11 is 0. The molecule has 2 aromatic heterocycles. The lowest BCUT2D eigenvalue weighted by Gasteiger charge is -2.20. The van der Waals surface area contributed by atoms with E-state index < -0.39 is 0 Å². The molecule has 0 spiro atoms. The first-order valence-electron chi connectivity index (χ1n) is 9.36. The molecule has 1 aromatic carbocycles. The maximum atomic E-state index is 11.7. The van der Waals surface area contributed by atoms with Gasteiger partial charge in [0.05, 0.1) is 17.1 Å². The summed E-state index contributed by atoms with van der Waals surface area (Å²) in [6, 6.07) is 9.44. The summed E-state index contributed by atoms with van der Waals surface area (Å²) in [5.41, 5.74) is 10.9. The highest BCUT2D eigenvalue weighted by atomic mass is 16.5. The lowest BCUT2D eigenvalue weighted by Crippen LogP contribution is -2.25. The summed E-state index contributed by atoms with van der Waals surface area (Å²) in [5.74, 6) is 0.489. The molecule has 0 fully saturated rings. The van der Waals surface area contributed by atoms with Gasteiger partial charge in [-0.2, -0.15) is 0 Å². The Balaban J connectivity index is 1.83. The highest BCUT2D eigenvalue weighted by molar-refractivity contribution is 5.96. The van der Waals surface area contributed by atoms with Crippen LogP contribution < -0.4 is 15.8 Å². The quantitative estimate of drug-likeness (QED) is 0.607. The monoisotopic (exact) mass is 389 g/mol. The van der Waals surface area contributed by atoms with E-state index in [9.17, 15) is 4.79 Å². The number of pyridine rings is 1. The van der Waals surface area contributed by atoms with E-state index in [1.165, 1.54) is 0 Å². The molecule has 0 aliphatic carbocycles. The Hall–Kier alpha value is -3.58. The molecule has 0 atom stereocenters. The number of aromatic nitrogens is 2. The molecule has 4 rings (SSSR count). The van der Waals surface area contributed by atoms with Crippen molar-refractivity contribution in [2.45, 2.75) is 6.54 Å². The number of benzene rings is 1. The number of anilines is 2. The van der Waals surface area contributed by atoms with Crippen LogP contribution in [0, 0.1) is 0 Å². The first kappa shape index (κ1) is 18.8. The number of nitrogen functional groups attached to an aromatic ring is 1. The van der Waals surface area contributed by atoms with Crippen molar-refractivity contribution in [1.82, 2.24) is 14.3 Å². The highest BCUT2D eigenvalue weighted by Gasteiger charge is 2.20. The molecular formula is C22H23N5O2. The largest absolute Gasteiger partial charge is 0.482 e. The van der Waals surface area contributed by atoms with Gasteiger partial charge in [0.15, 0.2) is 6.61 Å². The van der Waals surface area contributed by atoms with Crippen LogP contribution in [0.3, 0.4) is 0 Å². The van der Waals surface area contributed by atoms with Gasteiger partial charge in [0.1, 0.15) is 11.4 Å². The van der Waals surface area contributed by atoms with Crippen LogP contribution in [0.2, 0.25) is 0 Å². The van der Waals surface area contributed by atoms with Crippen molar-refractivity contribution in [2.75, 3.05) is 30.7 Å². The molecule has 1 aliphatic rings. The number of imidazole rings is 1. The number of nitrogens with zero attached hydrogens (tertiary/aromatic N) is 3. The van der Waals surface area contributed by atoms with Crippen LogP contribution in [0.15, 0.2) is 61.8 Å². The van der Waals surface area contributed by atoms with Crippen molar-refractivity contribution < 1.29 is 9.53 Å². The number of nitrogens with two attached hydrogens (primary N) is 1. The molecule has 3 aromatic rings. The molecule has 29 heavy (non-hydrogen) atoms. The maximum absolute atomic E-state index is 11.7. The predicted octanol–water partition coefficient (Wildman–Crippen LogP) is 3.09. The van der Waals surface area contributed by atoms with Crippen molar-refractivity contribution in [3.05, 3.63) is 67.5 Å². The molecule has 7 nitrogen and oxygen atoms in total. The summed E-state index contributed by atoms with van der Waals surface area (Å²) in [5, 5.41) is 2.86. The summed E-state index contributed by atoms with van der Waals surface area (Å²) < 4.78 is 7.49. The summed E-state index contributed by atoms with van der Waals surface area (Å²) in [6.45, 7) is 9.81. The van der Waals surface area contributed by atoms with Crippen molar-refractivity contribution in [2.24, 2.45) is 0 Å². The molecule has 0 saturated heterocycles. The lowest BCUT2D eigenvalue weighted by atomic mass is 10.1. The van der Waals surface area contributed by atoms with Crippen LogP contribution in [0.5, 0.6) is 5.75 Å². The molecule has 1 aliphatic heterocycles. The minimum Gasteiger partial charge on any atom is -0.482 e. The topological polar surface area (TPSA) is 84.9 Å². The van der Waals surface area contributed by atoms with Gasteiger partial charge in [-0.15, -0.1) is 13.2 Å². The van der Waals surface area contributed by atoms with Gasteiger partial charge in [-0.05, 0) is 30.3 Å². The maximum Gasteiger partial charge on any atom is 0.262 e. The fourth-order valence-corrected chi connectivity index (χ4v) is 3.50. The Kier molecular flexibility index (Phi) is 5.05. The number of carbonyl (C=O) groups excluding carboxylic acids is 1. The number of nitrogens with one attached hydrogen (secondary N) is 1. The Morgan fingerprint density at radius 2 is 2.03 bits per heavy atom. The number of ether oxygens (including phenoxy) is 1. The molecule has 148 valence electrons. The summed E-state index contributed by atoms with van der Waals surface area (Å²) in [6.07, 6.45) is 5.61. The second-order valence-electron chi connectivity index (χ2n) is 6.92. The number of rotatable bonds is 7. The minimum atomic E-state index is -0.166. The lowest BCUT2D eigenvalue weighted by molar-refractivity contribution is -0.118. The van der Waals surface area contributed by atoms with Crippen molar-refractivity contribution in [3.8, 4) is 17.0 Å². The van der Waals surface area contributed by atoms with E-state index in [2.05, 4.69) is 23.4 Å². The first-order chi connectivity index (χ1) is 14.1. The first-order valence-corrected chi connectivity index (χ1v) is 9.36. The smallest absolute Gasteiger partial charge is 0.262 e. The van der Waals surface area contributed by atoms with E-state index in [1.54, 1.807) is 0 Å². The fourth-order valence-electron chi connectivity index (χ4n) is 3.50. The average molecular weight is 389 g/mol. The Bertz CT molecular complexity index is 1090. The standard InChI is InChI=1S/C22H23N5O2/c1-3-9-26(10-4-2)13-18-22(25-20-8-6-16(23)12-27(18)20)15-5-7-19-17(11-15)24-21(28)14-29-19/h3-8,11-12H,1-2,9-10,13-14,23H2,(H,24,28). The van der Waals surface area contributed by atoms with E-state index >= 15 is 0 Å². The second kappa shape index (κ2) is 7.81. The number of fused-ring (bicyclic) bond motifs is 2. The number of carbonyl (C=O) groups is 1. The number of hydrogen-bond acceptors (Lipinski definition) is 5. The van der Waals surface area contributed by atoms with Gasteiger partial charge >= 0.3 is 0 Å². The number of hydrogen-bond donors (Lipinski definition) is 2. The molecule has 1 amide bonds.